The molecule has 5 nitrogen and oxygen atoms in total. The van der Waals surface area contributed by atoms with Crippen molar-refractivity contribution in [1.29, 1.82) is 0 Å². The summed E-state index contributed by atoms with van der Waals surface area (Å²) in [4.78, 5) is 11.2. The van der Waals surface area contributed by atoms with Gasteiger partial charge in [-0.05, 0) is 17.7 Å². The van der Waals surface area contributed by atoms with Gasteiger partial charge < -0.3 is 11.5 Å². The Balaban J connectivity index is 2.34. The van der Waals surface area contributed by atoms with E-state index < -0.39 is 0 Å². The average molecular weight is 242 g/mol. The molecule has 2 aromatic rings. The largest absolute Gasteiger partial charge is 0.399 e. The third-order valence-corrected chi connectivity index (χ3v) is 2.64. The van der Waals surface area contributed by atoms with E-state index in [1.807, 2.05) is 37.5 Å². The molecule has 0 saturated carbocycles. The highest BCUT2D eigenvalue weighted by Crippen LogP contribution is 2.14. The quantitative estimate of drug-likeness (QED) is 0.493. The zero-order valence-electron chi connectivity index (χ0n) is 10.2. The molecule has 0 saturated heterocycles. The van der Waals surface area contributed by atoms with Crippen molar-refractivity contribution < 1.29 is 4.99 Å². The maximum atomic E-state index is 5.84. The van der Waals surface area contributed by atoms with Crippen LogP contribution in [0.15, 0.2) is 30.6 Å². The second-order valence-electron chi connectivity index (χ2n) is 3.97. The van der Waals surface area contributed by atoms with Crippen molar-refractivity contribution in [1.82, 2.24) is 9.97 Å². The lowest BCUT2D eigenvalue weighted by molar-refractivity contribution is -0.413. The van der Waals surface area contributed by atoms with Gasteiger partial charge in [0.15, 0.2) is 6.21 Å². The molecule has 0 spiro atoms. The van der Waals surface area contributed by atoms with Crippen LogP contribution in [0.1, 0.15) is 16.8 Å². The minimum absolute atomic E-state index is 0.477. The maximum absolute atomic E-state index is 5.84. The molecule has 0 atom stereocenters. The lowest BCUT2D eigenvalue weighted by atomic mass is 10.1. The van der Waals surface area contributed by atoms with E-state index in [1.165, 1.54) is 6.33 Å². The molecule has 0 bridgehead atoms. The van der Waals surface area contributed by atoms with Gasteiger partial charge in [-0.1, -0.05) is 12.1 Å². The molecular weight excluding hydrogens is 226 g/mol. The molecule has 92 valence electrons. The second kappa shape index (κ2) is 5.27. The Morgan fingerprint density at radius 1 is 1.17 bits per heavy atom. The van der Waals surface area contributed by atoms with Gasteiger partial charge in [0.05, 0.1) is 5.69 Å². The SMILES string of the molecule is C[NH+]=Cc1c(N)ncnc1Cc1ccc(N)cc1. The van der Waals surface area contributed by atoms with Crippen LogP contribution < -0.4 is 16.5 Å². The van der Waals surface area contributed by atoms with Crippen molar-refractivity contribution in [3.8, 4) is 0 Å². The van der Waals surface area contributed by atoms with E-state index in [1.54, 1.807) is 0 Å². The Hall–Kier alpha value is -2.43. The number of nitrogens with zero attached hydrogens (tertiary/aromatic N) is 2. The van der Waals surface area contributed by atoms with Crippen molar-refractivity contribution in [2.24, 2.45) is 0 Å². The number of benzene rings is 1. The molecule has 0 unspecified atom stereocenters. The number of aromatic nitrogens is 2. The van der Waals surface area contributed by atoms with Crippen LogP contribution in [0, 0.1) is 0 Å². The molecule has 1 aromatic heterocycles. The van der Waals surface area contributed by atoms with Gasteiger partial charge in [0.1, 0.15) is 24.8 Å². The highest BCUT2D eigenvalue weighted by molar-refractivity contribution is 5.83. The van der Waals surface area contributed by atoms with Crippen molar-refractivity contribution in [3.63, 3.8) is 0 Å². The van der Waals surface area contributed by atoms with Crippen molar-refractivity contribution in [2.75, 3.05) is 18.5 Å². The number of rotatable bonds is 3. The highest BCUT2D eigenvalue weighted by atomic mass is 14.9. The molecular formula is C13H16N5+. The average Bonchev–Trinajstić information content (AvgIpc) is 2.36. The van der Waals surface area contributed by atoms with Crippen LogP contribution in [0.5, 0.6) is 0 Å². The summed E-state index contributed by atoms with van der Waals surface area (Å²) in [5.41, 5.74) is 15.1. The smallest absolute Gasteiger partial charge is 0.174 e. The van der Waals surface area contributed by atoms with Crippen LogP contribution in [-0.4, -0.2) is 23.2 Å². The number of nitrogens with two attached hydrogens (primary N) is 2. The molecule has 1 aromatic carbocycles. The van der Waals surface area contributed by atoms with Gasteiger partial charge >= 0.3 is 0 Å². The predicted octanol–water partition coefficient (Wildman–Crippen LogP) is -0.639. The van der Waals surface area contributed by atoms with E-state index in [4.69, 9.17) is 11.5 Å². The van der Waals surface area contributed by atoms with Gasteiger partial charge in [-0.3, -0.25) is 4.99 Å². The summed E-state index contributed by atoms with van der Waals surface area (Å²) in [6, 6.07) is 7.72. The fourth-order valence-corrected chi connectivity index (χ4v) is 1.72. The first-order chi connectivity index (χ1) is 8.70. The first-order valence-electron chi connectivity index (χ1n) is 5.65. The normalized spacial score (nSPS) is 10.9. The molecule has 0 radical (unpaired) electrons. The van der Waals surface area contributed by atoms with E-state index >= 15 is 0 Å². The van der Waals surface area contributed by atoms with Gasteiger partial charge in [0, 0.05) is 12.1 Å². The van der Waals surface area contributed by atoms with Crippen LogP contribution in [0.4, 0.5) is 11.5 Å². The van der Waals surface area contributed by atoms with E-state index in [0.29, 0.717) is 12.2 Å². The Labute approximate surface area is 106 Å². The lowest BCUT2D eigenvalue weighted by Crippen LogP contribution is -2.63. The Morgan fingerprint density at radius 2 is 1.89 bits per heavy atom. The van der Waals surface area contributed by atoms with Crippen molar-refractivity contribution in [3.05, 3.63) is 47.4 Å². The van der Waals surface area contributed by atoms with Gasteiger partial charge in [-0.2, -0.15) is 0 Å². The van der Waals surface area contributed by atoms with Gasteiger partial charge in [-0.25, -0.2) is 9.97 Å². The van der Waals surface area contributed by atoms with Gasteiger partial charge in [0.2, 0.25) is 0 Å². The number of hydrogen-bond acceptors (Lipinski definition) is 4. The third kappa shape index (κ3) is 2.63. The highest BCUT2D eigenvalue weighted by Gasteiger charge is 2.09. The lowest BCUT2D eigenvalue weighted by Gasteiger charge is -2.05. The van der Waals surface area contributed by atoms with E-state index in [9.17, 15) is 0 Å². The van der Waals surface area contributed by atoms with E-state index in [0.717, 1.165) is 22.5 Å². The molecule has 0 aliphatic rings. The van der Waals surface area contributed by atoms with Crippen LogP contribution in [-0.2, 0) is 6.42 Å². The van der Waals surface area contributed by atoms with Crippen LogP contribution in [0.2, 0.25) is 0 Å². The molecule has 2 rings (SSSR count). The Kier molecular flexibility index (Phi) is 3.52. The monoisotopic (exact) mass is 242 g/mol. The molecule has 0 aliphatic heterocycles. The molecule has 18 heavy (non-hydrogen) atoms. The maximum Gasteiger partial charge on any atom is 0.174 e. The van der Waals surface area contributed by atoms with Gasteiger partial charge in [-0.15, -0.1) is 0 Å². The first-order valence-corrected chi connectivity index (χ1v) is 5.65. The number of anilines is 2. The second-order valence-corrected chi connectivity index (χ2v) is 3.97. The number of hydrogen-bond donors (Lipinski definition) is 3. The Bertz CT molecular complexity index is 560. The summed E-state index contributed by atoms with van der Waals surface area (Å²) in [6.45, 7) is 0. The summed E-state index contributed by atoms with van der Waals surface area (Å²) in [5, 5.41) is 0. The summed E-state index contributed by atoms with van der Waals surface area (Å²) >= 11 is 0. The topological polar surface area (TPSA) is 91.8 Å². The molecule has 5 N–H and O–H groups in total. The van der Waals surface area contributed by atoms with Crippen molar-refractivity contribution >= 4 is 17.7 Å². The standard InChI is InChI=1S/C13H15N5/c1-16-7-11-12(17-8-18-13(11)15)6-9-2-4-10(14)5-3-9/h2-5,7-8H,6,14H2,1H3,(H2,15,17,18)/p+1. The number of nitrogen functional groups attached to an aromatic ring is 2. The molecule has 0 fully saturated rings. The molecule has 5 heteroatoms. The predicted molar refractivity (Wildman–Crippen MR) is 72.2 cm³/mol. The molecule has 0 amide bonds. The third-order valence-electron chi connectivity index (χ3n) is 2.64. The zero-order valence-corrected chi connectivity index (χ0v) is 10.2. The summed E-state index contributed by atoms with van der Waals surface area (Å²) in [7, 11) is 1.82. The summed E-state index contributed by atoms with van der Waals surface area (Å²) < 4.78 is 0. The fourth-order valence-electron chi connectivity index (χ4n) is 1.72. The van der Waals surface area contributed by atoms with Crippen LogP contribution in [0.3, 0.4) is 0 Å². The fraction of sp³-hybridized carbons (Fsp3) is 0.154. The molecule has 0 aliphatic carbocycles. The van der Waals surface area contributed by atoms with Gasteiger partial charge in [0.25, 0.3) is 0 Å². The minimum atomic E-state index is 0.477. The van der Waals surface area contributed by atoms with E-state index in [-0.39, 0.29) is 0 Å². The van der Waals surface area contributed by atoms with Crippen molar-refractivity contribution in [2.45, 2.75) is 6.42 Å². The molecule has 1 heterocycles. The van der Waals surface area contributed by atoms with Crippen LogP contribution in [0.25, 0.3) is 0 Å². The zero-order chi connectivity index (χ0) is 13.0. The van der Waals surface area contributed by atoms with E-state index in [2.05, 4.69) is 15.0 Å². The summed E-state index contributed by atoms with van der Waals surface area (Å²) in [6.07, 6.45) is 3.98. The first kappa shape index (κ1) is 12.0. The minimum Gasteiger partial charge on any atom is -0.399 e. The summed E-state index contributed by atoms with van der Waals surface area (Å²) in [5.74, 6) is 0.477. The van der Waals surface area contributed by atoms with Crippen LogP contribution >= 0.6 is 0 Å². The Morgan fingerprint density at radius 3 is 2.56 bits per heavy atom. The number of nitrogens with one attached hydrogen (secondary N) is 1.